The van der Waals surface area contributed by atoms with Crippen LogP contribution in [-0.4, -0.2) is 32.9 Å². The van der Waals surface area contributed by atoms with Crippen LogP contribution in [-0.2, 0) is 4.74 Å². The second kappa shape index (κ2) is 5.40. The number of nitrogens with zero attached hydrogens (tertiary/aromatic N) is 3. The van der Waals surface area contributed by atoms with E-state index in [1.54, 1.807) is 6.20 Å². The van der Waals surface area contributed by atoms with E-state index < -0.39 is 11.7 Å². The zero-order chi connectivity index (χ0) is 15.7. The molecule has 0 spiro atoms. The molecule has 1 aliphatic carbocycles. The number of aromatic nitrogens is 3. The normalized spacial score (nSPS) is 20.5. The van der Waals surface area contributed by atoms with Crippen molar-refractivity contribution in [1.82, 2.24) is 20.4 Å². The van der Waals surface area contributed by atoms with Gasteiger partial charge in [-0.25, -0.2) is 4.79 Å². The van der Waals surface area contributed by atoms with Gasteiger partial charge in [0.1, 0.15) is 11.3 Å². The maximum absolute atomic E-state index is 11.7. The van der Waals surface area contributed by atoms with E-state index >= 15 is 0 Å². The van der Waals surface area contributed by atoms with Crippen LogP contribution in [0.5, 0.6) is 0 Å². The first-order valence-electron chi connectivity index (χ1n) is 7.17. The number of hydrogen-bond acceptors (Lipinski definition) is 6. The SMILES string of the molecule is CC(C)(C)OC(=O)N[C@H]1C[C@@H]1c1nc(-c2ccccn2)no1. The molecule has 0 unspecified atom stereocenters. The highest BCUT2D eigenvalue weighted by molar-refractivity contribution is 5.68. The molecule has 0 radical (unpaired) electrons. The second-order valence-corrected chi connectivity index (χ2v) is 6.27. The molecule has 0 bridgehead atoms. The van der Waals surface area contributed by atoms with Gasteiger partial charge in [0.2, 0.25) is 11.7 Å². The van der Waals surface area contributed by atoms with Gasteiger partial charge in [-0.2, -0.15) is 4.98 Å². The summed E-state index contributed by atoms with van der Waals surface area (Å²) in [7, 11) is 0. The summed E-state index contributed by atoms with van der Waals surface area (Å²) in [6.45, 7) is 5.48. The molecule has 2 heterocycles. The average molecular weight is 302 g/mol. The van der Waals surface area contributed by atoms with Crippen LogP contribution in [0.3, 0.4) is 0 Å². The fourth-order valence-corrected chi connectivity index (χ4v) is 2.07. The molecule has 2 aromatic rings. The predicted octanol–water partition coefficient (Wildman–Crippen LogP) is 2.51. The standard InChI is InChI=1S/C15H18N4O3/c1-15(2,3)21-14(20)17-11-8-9(11)13-18-12(19-22-13)10-6-4-5-7-16-10/h4-7,9,11H,8H2,1-3H3,(H,17,20)/t9-,11-/m0/s1. The zero-order valence-electron chi connectivity index (χ0n) is 12.7. The molecule has 1 fully saturated rings. The lowest BCUT2D eigenvalue weighted by atomic mass is 10.2. The molecule has 1 amide bonds. The largest absolute Gasteiger partial charge is 0.444 e. The smallest absolute Gasteiger partial charge is 0.407 e. The number of carbonyl (C=O) groups is 1. The van der Waals surface area contributed by atoms with Gasteiger partial charge >= 0.3 is 6.09 Å². The van der Waals surface area contributed by atoms with Crippen molar-refractivity contribution in [3.63, 3.8) is 0 Å². The molecule has 1 N–H and O–H groups in total. The summed E-state index contributed by atoms with van der Waals surface area (Å²) in [5.41, 5.74) is 0.153. The van der Waals surface area contributed by atoms with E-state index in [1.165, 1.54) is 0 Å². The van der Waals surface area contributed by atoms with Crippen molar-refractivity contribution in [1.29, 1.82) is 0 Å². The summed E-state index contributed by atoms with van der Waals surface area (Å²) in [6, 6.07) is 5.49. The summed E-state index contributed by atoms with van der Waals surface area (Å²) in [5.74, 6) is 1.01. The summed E-state index contributed by atoms with van der Waals surface area (Å²) in [5, 5.41) is 6.73. The Morgan fingerprint density at radius 3 is 2.91 bits per heavy atom. The van der Waals surface area contributed by atoms with Crippen molar-refractivity contribution in [3.05, 3.63) is 30.3 Å². The van der Waals surface area contributed by atoms with Crippen LogP contribution >= 0.6 is 0 Å². The van der Waals surface area contributed by atoms with Gasteiger partial charge in [0.25, 0.3) is 0 Å². The highest BCUT2D eigenvalue weighted by Gasteiger charge is 2.44. The maximum Gasteiger partial charge on any atom is 0.407 e. The van der Waals surface area contributed by atoms with Crippen LogP contribution in [0.1, 0.15) is 39.0 Å². The third-order valence-corrected chi connectivity index (χ3v) is 3.15. The van der Waals surface area contributed by atoms with Crippen LogP contribution < -0.4 is 5.32 Å². The minimum Gasteiger partial charge on any atom is -0.444 e. The van der Waals surface area contributed by atoms with Crippen molar-refractivity contribution in [2.75, 3.05) is 0 Å². The lowest BCUT2D eigenvalue weighted by molar-refractivity contribution is 0.0522. The van der Waals surface area contributed by atoms with Crippen LogP contribution in [0.2, 0.25) is 0 Å². The number of rotatable bonds is 3. The van der Waals surface area contributed by atoms with Gasteiger partial charge in [-0.15, -0.1) is 0 Å². The number of alkyl carbamates (subject to hydrolysis) is 1. The Hall–Kier alpha value is -2.44. The van der Waals surface area contributed by atoms with Crippen LogP contribution in [0, 0.1) is 0 Å². The minimum absolute atomic E-state index is 0.0214. The van der Waals surface area contributed by atoms with E-state index in [1.807, 2.05) is 39.0 Å². The van der Waals surface area contributed by atoms with Gasteiger partial charge in [0.15, 0.2) is 0 Å². The summed E-state index contributed by atoms with van der Waals surface area (Å²) in [4.78, 5) is 20.2. The highest BCUT2D eigenvalue weighted by Crippen LogP contribution is 2.40. The fourth-order valence-electron chi connectivity index (χ4n) is 2.07. The topological polar surface area (TPSA) is 90.1 Å². The van der Waals surface area contributed by atoms with E-state index in [4.69, 9.17) is 9.26 Å². The number of pyridine rings is 1. The van der Waals surface area contributed by atoms with Crippen molar-refractivity contribution < 1.29 is 14.1 Å². The van der Waals surface area contributed by atoms with Gasteiger partial charge in [0, 0.05) is 12.2 Å². The van der Waals surface area contributed by atoms with Gasteiger partial charge in [-0.1, -0.05) is 11.2 Å². The van der Waals surface area contributed by atoms with E-state index in [-0.39, 0.29) is 12.0 Å². The monoisotopic (exact) mass is 302 g/mol. The zero-order valence-corrected chi connectivity index (χ0v) is 12.7. The first-order valence-corrected chi connectivity index (χ1v) is 7.17. The Kier molecular flexibility index (Phi) is 3.56. The van der Waals surface area contributed by atoms with Gasteiger partial charge in [-0.05, 0) is 39.3 Å². The molecule has 3 rings (SSSR count). The van der Waals surface area contributed by atoms with Crippen molar-refractivity contribution in [3.8, 4) is 11.5 Å². The molecule has 2 aromatic heterocycles. The fraction of sp³-hybridized carbons (Fsp3) is 0.467. The number of hydrogen-bond donors (Lipinski definition) is 1. The Morgan fingerprint density at radius 1 is 1.41 bits per heavy atom. The summed E-state index contributed by atoms with van der Waals surface area (Å²) < 4.78 is 10.5. The minimum atomic E-state index is -0.509. The van der Waals surface area contributed by atoms with Crippen molar-refractivity contribution in [2.45, 2.75) is 44.8 Å². The first kappa shape index (κ1) is 14.5. The first-order chi connectivity index (χ1) is 10.4. The molecule has 22 heavy (non-hydrogen) atoms. The molecular formula is C15H18N4O3. The average Bonchev–Trinajstić information content (AvgIpc) is 3.01. The summed E-state index contributed by atoms with van der Waals surface area (Å²) >= 11 is 0. The third-order valence-electron chi connectivity index (χ3n) is 3.15. The molecule has 7 heteroatoms. The van der Waals surface area contributed by atoms with Crippen LogP contribution in [0.15, 0.2) is 28.9 Å². The van der Waals surface area contributed by atoms with E-state index in [2.05, 4.69) is 20.4 Å². The third kappa shape index (κ3) is 3.41. The maximum atomic E-state index is 11.7. The number of nitrogens with one attached hydrogen (secondary N) is 1. The molecule has 0 aliphatic heterocycles. The van der Waals surface area contributed by atoms with Crippen molar-refractivity contribution >= 4 is 6.09 Å². The molecular weight excluding hydrogens is 284 g/mol. The predicted molar refractivity (Wildman–Crippen MR) is 78.0 cm³/mol. The lowest BCUT2D eigenvalue weighted by Crippen LogP contribution is -2.34. The molecule has 116 valence electrons. The van der Waals surface area contributed by atoms with Crippen LogP contribution in [0.25, 0.3) is 11.5 Å². The summed E-state index contributed by atoms with van der Waals surface area (Å²) in [6.07, 6.45) is 2.02. The molecule has 7 nitrogen and oxygen atoms in total. The second-order valence-electron chi connectivity index (χ2n) is 6.27. The van der Waals surface area contributed by atoms with Gasteiger partial charge in [0.05, 0.1) is 5.92 Å². The highest BCUT2D eigenvalue weighted by atomic mass is 16.6. The van der Waals surface area contributed by atoms with E-state index in [0.29, 0.717) is 17.4 Å². The number of carbonyl (C=O) groups excluding carboxylic acids is 1. The van der Waals surface area contributed by atoms with E-state index in [9.17, 15) is 4.79 Å². The van der Waals surface area contributed by atoms with E-state index in [0.717, 1.165) is 6.42 Å². The molecule has 0 aromatic carbocycles. The Balaban J connectivity index is 1.59. The quantitative estimate of drug-likeness (QED) is 0.937. The molecule has 2 atom stereocenters. The Morgan fingerprint density at radius 2 is 2.23 bits per heavy atom. The van der Waals surface area contributed by atoms with Crippen LogP contribution in [0.4, 0.5) is 4.79 Å². The molecule has 0 saturated heterocycles. The molecule has 1 saturated carbocycles. The van der Waals surface area contributed by atoms with Crippen molar-refractivity contribution in [2.24, 2.45) is 0 Å². The Labute approximate surface area is 128 Å². The number of ether oxygens (including phenoxy) is 1. The van der Waals surface area contributed by atoms with Gasteiger partial charge in [-0.3, -0.25) is 4.98 Å². The Bertz CT molecular complexity index is 663. The number of amides is 1. The molecule has 1 aliphatic rings. The lowest BCUT2D eigenvalue weighted by Gasteiger charge is -2.19. The van der Waals surface area contributed by atoms with Gasteiger partial charge < -0.3 is 14.6 Å².